The molecule has 9 heteroatoms. The van der Waals surface area contributed by atoms with Crippen molar-refractivity contribution in [2.75, 3.05) is 20.2 Å². The van der Waals surface area contributed by atoms with Crippen LogP contribution in [-0.4, -0.2) is 58.8 Å². The lowest BCUT2D eigenvalue weighted by Gasteiger charge is -2.20. The molecule has 1 fully saturated rings. The highest BCUT2D eigenvalue weighted by Gasteiger charge is 2.35. The highest BCUT2D eigenvalue weighted by Crippen LogP contribution is 2.34. The maximum absolute atomic E-state index is 6.10. The third-order valence-corrected chi connectivity index (χ3v) is 8.04. The molecule has 1 aliphatic rings. The van der Waals surface area contributed by atoms with Gasteiger partial charge < -0.3 is 14.0 Å². The standard InChI is InChI=1S/C24H32BrN5O2Si/c1-29-15-20(32-23-14-26-9-10-27-23)13-22(29)24-28-21(18-5-7-19(25)8-6-18)16-30(24)17-31-11-12-33(2,3)4/h5-10,14,16,20,22H,11-13,15,17H2,1-4H3/t20-,22-/m0/s1. The van der Waals surface area contributed by atoms with Crippen LogP contribution in [0.5, 0.6) is 5.88 Å². The summed E-state index contributed by atoms with van der Waals surface area (Å²) in [5.41, 5.74) is 2.05. The molecule has 0 spiro atoms. The van der Waals surface area contributed by atoms with E-state index in [1.54, 1.807) is 18.6 Å². The Bertz CT molecular complexity index is 1040. The molecule has 3 heterocycles. The van der Waals surface area contributed by atoms with E-state index in [1.807, 2.05) is 12.1 Å². The second-order valence-corrected chi connectivity index (χ2v) is 16.3. The number of nitrogens with zero attached hydrogens (tertiary/aromatic N) is 5. The van der Waals surface area contributed by atoms with E-state index >= 15 is 0 Å². The van der Waals surface area contributed by atoms with Crippen LogP contribution in [0.25, 0.3) is 11.3 Å². The van der Waals surface area contributed by atoms with Gasteiger partial charge >= 0.3 is 0 Å². The third kappa shape index (κ3) is 6.50. The molecule has 0 aliphatic carbocycles. The maximum atomic E-state index is 6.10. The summed E-state index contributed by atoms with van der Waals surface area (Å²) in [5, 5.41) is 0. The Morgan fingerprint density at radius 3 is 2.64 bits per heavy atom. The smallest absolute Gasteiger partial charge is 0.232 e. The number of likely N-dealkylation sites (tertiary alicyclic amines) is 1. The van der Waals surface area contributed by atoms with Crippen LogP contribution >= 0.6 is 15.9 Å². The number of imidazole rings is 1. The molecule has 3 aromatic rings. The first-order valence-corrected chi connectivity index (χ1v) is 15.8. The Kier molecular flexibility index (Phi) is 7.63. The van der Waals surface area contributed by atoms with Gasteiger partial charge in [0.15, 0.2) is 0 Å². The summed E-state index contributed by atoms with van der Waals surface area (Å²) >= 11 is 3.52. The van der Waals surface area contributed by atoms with Crippen LogP contribution in [0.1, 0.15) is 18.3 Å². The first-order chi connectivity index (χ1) is 15.8. The van der Waals surface area contributed by atoms with Crippen LogP contribution in [0, 0.1) is 0 Å². The van der Waals surface area contributed by atoms with Crippen molar-refractivity contribution >= 4 is 24.0 Å². The van der Waals surface area contributed by atoms with Gasteiger partial charge in [-0.15, -0.1) is 0 Å². The van der Waals surface area contributed by atoms with Crippen molar-refractivity contribution in [2.45, 2.75) is 51.0 Å². The van der Waals surface area contributed by atoms with E-state index in [-0.39, 0.29) is 12.1 Å². The van der Waals surface area contributed by atoms with Crippen LogP contribution in [0.15, 0.2) is 53.5 Å². The van der Waals surface area contributed by atoms with Gasteiger partial charge in [-0.05, 0) is 25.2 Å². The van der Waals surface area contributed by atoms with Gasteiger partial charge in [0.05, 0.1) is 17.9 Å². The van der Waals surface area contributed by atoms with Gasteiger partial charge in [0.1, 0.15) is 18.7 Å². The van der Waals surface area contributed by atoms with Gasteiger partial charge in [0.2, 0.25) is 5.88 Å². The summed E-state index contributed by atoms with van der Waals surface area (Å²) in [7, 11) is 0.985. The fourth-order valence-electron chi connectivity index (χ4n) is 3.96. The van der Waals surface area contributed by atoms with Crippen LogP contribution in [0.2, 0.25) is 25.7 Å². The molecule has 33 heavy (non-hydrogen) atoms. The van der Waals surface area contributed by atoms with E-state index in [0.717, 1.165) is 47.2 Å². The molecule has 0 unspecified atom stereocenters. The Labute approximate surface area is 205 Å². The van der Waals surface area contributed by atoms with Gasteiger partial charge in [-0.3, -0.25) is 9.88 Å². The lowest BCUT2D eigenvalue weighted by atomic mass is 10.1. The average Bonchev–Trinajstić information content (AvgIpc) is 3.35. The highest BCUT2D eigenvalue weighted by atomic mass is 79.9. The maximum Gasteiger partial charge on any atom is 0.232 e. The summed E-state index contributed by atoms with van der Waals surface area (Å²) in [6.07, 6.45) is 7.94. The zero-order chi connectivity index (χ0) is 23.4. The Balaban J connectivity index is 1.53. The number of hydrogen-bond donors (Lipinski definition) is 0. The van der Waals surface area contributed by atoms with Crippen LogP contribution in [0.3, 0.4) is 0 Å². The molecule has 7 nitrogen and oxygen atoms in total. The van der Waals surface area contributed by atoms with Crippen LogP contribution in [0.4, 0.5) is 0 Å². The van der Waals surface area contributed by atoms with Crippen molar-refractivity contribution < 1.29 is 9.47 Å². The summed E-state index contributed by atoms with van der Waals surface area (Å²) in [4.78, 5) is 15.7. The fourth-order valence-corrected chi connectivity index (χ4v) is 4.98. The summed E-state index contributed by atoms with van der Waals surface area (Å²) in [5.74, 6) is 1.57. The number of rotatable bonds is 9. The van der Waals surface area contributed by atoms with Gasteiger partial charge in [0.25, 0.3) is 0 Å². The lowest BCUT2D eigenvalue weighted by molar-refractivity contribution is 0.0820. The molecule has 0 amide bonds. The molecule has 1 aromatic carbocycles. The Hall–Kier alpha value is -2.07. The van der Waals surface area contributed by atoms with E-state index in [4.69, 9.17) is 14.5 Å². The molecular weight excluding hydrogens is 498 g/mol. The van der Waals surface area contributed by atoms with E-state index in [1.165, 1.54) is 0 Å². The number of ether oxygens (including phenoxy) is 2. The minimum atomic E-state index is -1.13. The van der Waals surface area contributed by atoms with E-state index in [9.17, 15) is 0 Å². The van der Waals surface area contributed by atoms with Gasteiger partial charge in [0, 0.05) is 56.3 Å². The minimum absolute atomic E-state index is 0.0331. The SMILES string of the molecule is CN1C[C@@H](Oc2cnccn2)C[C@H]1c1nc(-c2ccc(Br)cc2)cn1COCC[Si](C)(C)C. The number of benzene rings is 1. The molecule has 4 rings (SSSR count). The predicted molar refractivity (Wildman–Crippen MR) is 136 cm³/mol. The largest absolute Gasteiger partial charge is 0.472 e. The second kappa shape index (κ2) is 10.5. The normalized spacial score (nSPS) is 19.2. The van der Waals surface area contributed by atoms with Crippen molar-refractivity contribution in [3.8, 4) is 17.1 Å². The fraction of sp³-hybridized carbons (Fsp3) is 0.458. The van der Waals surface area contributed by atoms with Crippen LogP contribution in [-0.2, 0) is 11.5 Å². The highest BCUT2D eigenvalue weighted by molar-refractivity contribution is 9.10. The minimum Gasteiger partial charge on any atom is -0.472 e. The van der Waals surface area contributed by atoms with Crippen LogP contribution < -0.4 is 4.74 Å². The molecule has 0 radical (unpaired) electrons. The summed E-state index contributed by atoms with van der Waals surface area (Å²) in [6.45, 7) is 9.20. The first-order valence-electron chi connectivity index (χ1n) is 11.3. The van der Waals surface area contributed by atoms with Crippen molar-refractivity contribution in [3.63, 3.8) is 0 Å². The van der Waals surface area contributed by atoms with Gasteiger partial charge in [-0.25, -0.2) is 9.97 Å². The Morgan fingerprint density at radius 2 is 1.94 bits per heavy atom. The molecule has 0 saturated carbocycles. The third-order valence-electron chi connectivity index (χ3n) is 5.81. The zero-order valence-corrected chi connectivity index (χ0v) is 22.3. The molecule has 2 atom stereocenters. The number of aromatic nitrogens is 4. The topological polar surface area (TPSA) is 65.3 Å². The van der Waals surface area contributed by atoms with Gasteiger partial charge in [-0.2, -0.15) is 0 Å². The molecule has 2 aromatic heterocycles. The molecule has 1 aliphatic heterocycles. The average molecular weight is 531 g/mol. The second-order valence-electron chi connectivity index (χ2n) is 9.78. The number of halogens is 1. The summed E-state index contributed by atoms with van der Waals surface area (Å²) < 4.78 is 15.4. The number of hydrogen-bond acceptors (Lipinski definition) is 6. The molecule has 0 bridgehead atoms. The Morgan fingerprint density at radius 1 is 1.15 bits per heavy atom. The van der Waals surface area contributed by atoms with E-state index in [0.29, 0.717) is 12.6 Å². The first kappa shape index (κ1) is 24.1. The van der Waals surface area contributed by atoms with Crippen molar-refractivity contribution in [2.24, 2.45) is 0 Å². The zero-order valence-electron chi connectivity index (χ0n) is 19.7. The van der Waals surface area contributed by atoms with Crippen molar-refractivity contribution in [3.05, 3.63) is 59.3 Å². The molecule has 0 N–H and O–H groups in total. The monoisotopic (exact) mass is 529 g/mol. The van der Waals surface area contributed by atoms with Crippen molar-refractivity contribution in [1.82, 2.24) is 24.4 Å². The molecular formula is C24H32BrN5O2Si. The lowest BCUT2D eigenvalue weighted by Crippen LogP contribution is -2.24. The quantitative estimate of drug-likeness (QED) is 0.279. The molecule has 176 valence electrons. The summed E-state index contributed by atoms with van der Waals surface area (Å²) in [6, 6.07) is 9.55. The van der Waals surface area contributed by atoms with E-state index < -0.39 is 8.07 Å². The predicted octanol–water partition coefficient (Wildman–Crippen LogP) is 5.24. The van der Waals surface area contributed by atoms with Crippen molar-refractivity contribution in [1.29, 1.82) is 0 Å². The van der Waals surface area contributed by atoms with E-state index in [2.05, 4.69) is 80.4 Å². The molecule has 1 saturated heterocycles. The number of likely N-dealkylation sites (N-methyl/N-ethyl adjacent to an activating group) is 1. The van der Waals surface area contributed by atoms with Gasteiger partial charge in [-0.1, -0.05) is 47.7 Å².